The zero-order chi connectivity index (χ0) is 15.1. The molecule has 0 atom stereocenters. The van der Waals surface area contributed by atoms with Crippen LogP contribution in [0.1, 0.15) is 13.8 Å². The predicted molar refractivity (Wildman–Crippen MR) is 85.7 cm³/mol. The van der Waals surface area contributed by atoms with Crippen LogP contribution in [0.5, 0.6) is 0 Å². The van der Waals surface area contributed by atoms with Crippen LogP contribution in [0.4, 0.5) is 11.6 Å². The molecule has 0 bridgehead atoms. The van der Waals surface area contributed by atoms with Gasteiger partial charge in [-0.3, -0.25) is 0 Å². The molecule has 0 amide bonds. The van der Waals surface area contributed by atoms with Crippen molar-refractivity contribution in [3.63, 3.8) is 0 Å². The van der Waals surface area contributed by atoms with E-state index in [2.05, 4.69) is 14.9 Å². The monoisotopic (exact) mass is 292 g/mol. The first-order valence-electron chi connectivity index (χ1n) is 7.40. The number of nitrogens with two attached hydrogens (primary N) is 1. The molecule has 116 valence electrons. The number of ether oxygens (including phenoxy) is 2. The first-order chi connectivity index (χ1) is 10.2. The highest BCUT2D eigenvalue weighted by Crippen LogP contribution is 2.19. The van der Waals surface area contributed by atoms with E-state index in [1.165, 1.54) is 0 Å². The number of anilines is 2. The second-order valence-electron chi connectivity index (χ2n) is 4.72. The summed E-state index contributed by atoms with van der Waals surface area (Å²) in [5.41, 5.74) is 8.39. The van der Waals surface area contributed by atoms with Crippen molar-refractivity contribution in [1.82, 2.24) is 9.97 Å². The quantitative estimate of drug-likeness (QED) is 0.546. The summed E-state index contributed by atoms with van der Waals surface area (Å²) >= 11 is 0. The Balaban J connectivity index is 2.11. The summed E-state index contributed by atoms with van der Waals surface area (Å²) in [6.07, 6.45) is 0. The van der Waals surface area contributed by atoms with Crippen molar-refractivity contribution in [3.8, 4) is 0 Å². The number of nitrogens with zero attached hydrogens (tertiary/aromatic N) is 2. The lowest BCUT2D eigenvalue weighted by Crippen LogP contribution is -2.32. The summed E-state index contributed by atoms with van der Waals surface area (Å²) < 4.78 is 10.9. The second-order valence-corrected chi connectivity index (χ2v) is 4.72. The van der Waals surface area contributed by atoms with Crippen LogP contribution in [-0.4, -0.2) is 49.5 Å². The van der Waals surface area contributed by atoms with Crippen LogP contribution in [-0.2, 0) is 9.47 Å². The van der Waals surface area contributed by atoms with Crippen molar-refractivity contribution in [3.05, 3.63) is 18.2 Å². The van der Waals surface area contributed by atoms with Gasteiger partial charge in [0.2, 0.25) is 5.95 Å². The lowest BCUT2D eigenvalue weighted by atomic mass is 10.3. The molecule has 3 N–H and O–H groups in total. The van der Waals surface area contributed by atoms with Crippen LogP contribution in [0.3, 0.4) is 0 Å². The summed E-state index contributed by atoms with van der Waals surface area (Å²) in [6.45, 7) is 8.31. The number of hydrogen-bond donors (Lipinski definition) is 2. The first-order valence-corrected chi connectivity index (χ1v) is 7.40. The summed E-state index contributed by atoms with van der Waals surface area (Å²) in [5.74, 6) is 0.829. The smallest absolute Gasteiger partial charge is 0.203 e. The normalized spacial score (nSPS) is 11.1. The maximum Gasteiger partial charge on any atom is 0.203 e. The van der Waals surface area contributed by atoms with E-state index in [1.807, 2.05) is 32.0 Å². The Bertz CT molecular complexity index is 546. The van der Waals surface area contributed by atoms with E-state index in [-0.39, 0.29) is 0 Å². The fourth-order valence-electron chi connectivity index (χ4n) is 2.13. The molecule has 0 saturated heterocycles. The van der Waals surface area contributed by atoms with Crippen LogP contribution in [0.15, 0.2) is 18.2 Å². The fraction of sp³-hybridized carbons (Fsp3) is 0.533. The molecule has 0 aliphatic carbocycles. The number of nitrogens with one attached hydrogen (secondary N) is 1. The number of hydrogen-bond acceptors (Lipinski definition) is 5. The summed E-state index contributed by atoms with van der Waals surface area (Å²) in [4.78, 5) is 10.1. The van der Waals surface area contributed by atoms with E-state index in [1.54, 1.807) is 0 Å². The van der Waals surface area contributed by atoms with Gasteiger partial charge >= 0.3 is 0 Å². The minimum Gasteiger partial charge on any atom is -0.399 e. The van der Waals surface area contributed by atoms with E-state index in [0.29, 0.717) is 13.2 Å². The van der Waals surface area contributed by atoms with Gasteiger partial charge in [0.1, 0.15) is 0 Å². The van der Waals surface area contributed by atoms with Crippen molar-refractivity contribution < 1.29 is 9.47 Å². The molecule has 1 aromatic heterocycles. The van der Waals surface area contributed by atoms with Gasteiger partial charge in [-0.1, -0.05) is 0 Å². The van der Waals surface area contributed by atoms with Crippen LogP contribution in [0.2, 0.25) is 0 Å². The van der Waals surface area contributed by atoms with Crippen molar-refractivity contribution in [2.75, 3.05) is 50.2 Å². The van der Waals surface area contributed by atoms with Gasteiger partial charge in [0, 0.05) is 32.0 Å². The Morgan fingerprint density at radius 1 is 1.14 bits per heavy atom. The number of aromatic nitrogens is 2. The topological polar surface area (TPSA) is 76.4 Å². The molecule has 2 rings (SSSR count). The van der Waals surface area contributed by atoms with Crippen molar-refractivity contribution >= 4 is 22.7 Å². The van der Waals surface area contributed by atoms with Crippen molar-refractivity contribution in [2.24, 2.45) is 0 Å². The van der Waals surface area contributed by atoms with Gasteiger partial charge in [0.15, 0.2) is 0 Å². The molecule has 0 aliphatic heterocycles. The third-order valence-corrected chi connectivity index (χ3v) is 3.21. The van der Waals surface area contributed by atoms with Crippen LogP contribution in [0, 0.1) is 0 Å². The average molecular weight is 292 g/mol. The molecule has 0 unspecified atom stereocenters. The number of imidazole rings is 1. The summed E-state index contributed by atoms with van der Waals surface area (Å²) in [6, 6.07) is 5.68. The van der Waals surface area contributed by atoms with E-state index >= 15 is 0 Å². The molecule has 6 nitrogen and oxygen atoms in total. The maximum atomic E-state index is 5.80. The lowest BCUT2D eigenvalue weighted by molar-refractivity contribution is 0.141. The zero-order valence-corrected chi connectivity index (χ0v) is 12.8. The molecular weight excluding hydrogens is 268 g/mol. The molecule has 21 heavy (non-hydrogen) atoms. The van der Waals surface area contributed by atoms with Crippen LogP contribution in [0.25, 0.3) is 11.0 Å². The highest BCUT2D eigenvalue weighted by Gasteiger charge is 2.11. The minimum absolute atomic E-state index is 0.668. The Labute approximate surface area is 125 Å². The predicted octanol–water partition coefficient (Wildman–Crippen LogP) is 2.02. The number of rotatable bonds is 9. The Morgan fingerprint density at radius 2 is 1.81 bits per heavy atom. The average Bonchev–Trinajstić information content (AvgIpc) is 2.88. The third kappa shape index (κ3) is 4.34. The molecule has 0 fully saturated rings. The first kappa shape index (κ1) is 15.6. The highest BCUT2D eigenvalue weighted by atomic mass is 16.5. The standard InChI is InChI=1S/C15H24N4O2/c1-3-20-9-7-19(8-10-21-4-2)15-17-13-6-5-12(16)11-14(13)18-15/h5-6,11H,3-4,7-10,16H2,1-2H3,(H,17,18). The van der Waals surface area contributed by atoms with E-state index in [4.69, 9.17) is 15.2 Å². The van der Waals surface area contributed by atoms with Crippen molar-refractivity contribution in [2.45, 2.75) is 13.8 Å². The number of fused-ring (bicyclic) bond motifs is 1. The maximum absolute atomic E-state index is 5.80. The minimum atomic E-state index is 0.668. The number of benzene rings is 1. The Hall–Kier alpha value is -1.79. The molecule has 6 heteroatoms. The number of H-pyrrole nitrogens is 1. The molecule has 1 aromatic carbocycles. The largest absolute Gasteiger partial charge is 0.399 e. The van der Waals surface area contributed by atoms with Gasteiger partial charge in [-0.25, -0.2) is 4.98 Å². The van der Waals surface area contributed by atoms with Gasteiger partial charge in [-0.15, -0.1) is 0 Å². The number of aromatic amines is 1. The fourth-order valence-corrected chi connectivity index (χ4v) is 2.13. The van der Waals surface area contributed by atoms with Gasteiger partial charge < -0.3 is 25.1 Å². The molecule has 2 aromatic rings. The van der Waals surface area contributed by atoms with Gasteiger partial charge in [-0.05, 0) is 32.0 Å². The molecule has 0 spiro atoms. The Kier molecular flexibility index (Phi) is 5.83. The molecular formula is C15H24N4O2. The molecule has 0 radical (unpaired) electrons. The van der Waals surface area contributed by atoms with E-state index in [9.17, 15) is 0 Å². The summed E-state index contributed by atoms with van der Waals surface area (Å²) in [5, 5.41) is 0. The van der Waals surface area contributed by atoms with Gasteiger partial charge in [0.25, 0.3) is 0 Å². The van der Waals surface area contributed by atoms with Crippen molar-refractivity contribution in [1.29, 1.82) is 0 Å². The second kappa shape index (κ2) is 7.85. The summed E-state index contributed by atoms with van der Waals surface area (Å²) in [7, 11) is 0. The van der Waals surface area contributed by atoms with Gasteiger partial charge in [0.05, 0.1) is 24.2 Å². The third-order valence-electron chi connectivity index (χ3n) is 3.21. The SMILES string of the molecule is CCOCCN(CCOCC)c1nc2ccc(N)cc2[nH]1. The van der Waals surface area contributed by atoms with Crippen LogP contribution < -0.4 is 10.6 Å². The highest BCUT2D eigenvalue weighted by molar-refractivity contribution is 5.80. The van der Waals surface area contributed by atoms with E-state index in [0.717, 1.165) is 49.0 Å². The molecule has 0 saturated carbocycles. The zero-order valence-electron chi connectivity index (χ0n) is 12.8. The van der Waals surface area contributed by atoms with Crippen LogP contribution >= 0.6 is 0 Å². The number of nitrogen functional groups attached to an aromatic ring is 1. The molecule has 0 aliphatic rings. The lowest BCUT2D eigenvalue weighted by Gasteiger charge is -2.21. The van der Waals surface area contributed by atoms with Gasteiger partial charge in [-0.2, -0.15) is 0 Å². The Morgan fingerprint density at radius 3 is 2.43 bits per heavy atom. The van der Waals surface area contributed by atoms with E-state index < -0.39 is 0 Å². The molecule has 1 heterocycles.